The molecule has 0 atom stereocenters. The molecule has 0 aliphatic heterocycles. The summed E-state index contributed by atoms with van der Waals surface area (Å²) in [6.07, 6.45) is -4.60. The van der Waals surface area contributed by atoms with E-state index < -0.39 is 18.6 Å². The third kappa shape index (κ3) is 7.25. The lowest BCUT2D eigenvalue weighted by Crippen LogP contribution is -2.34. The molecule has 1 aromatic heterocycles. The first-order chi connectivity index (χ1) is 11.8. The molecule has 0 saturated heterocycles. The maximum absolute atomic E-state index is 12.0. The Labute approximate surface area is 146 Å². The summed E-state index contributed by atoms with van der Waals surface area (Å²) in [5.74, 6) is -0.716. The van der Waals surface area contributed by atoms with E-state index in [1.54, 1.807) is 29.6 Å². The van der Waals surface area contributed by atoms with E-state index >= 15 is 0 Å². The van der Waals surface area contributed by atoms with Crippen LogP contribution in [0.4, 0.5) is 23.7 Å². The van der Waals surface area contributed by atoms with Crippen LogP contribution in [0.25, 0.3) is 0 Å². The Morgan fingerprint density at radius 2 is 1.76 bits per heavy atom. The predicted octanol–water partition coefficient (Wildman–Crippen LogP) is 3.29. The number of nitrogens with one attached hydrogen (secondary N) is 3. The summed E-state index contributed by atoms with van der Waals surface area (Å²) in [5, 5.41) is 9.06. The van der Waals surface area contributed by atoms with E-state index in [1.165, 1.54) is 11.3 Å². The van der Waals surface area contributed by atoms with Crippen molar-refractivity contribution in [2.45, 2.75) is 19.1 Å². The fourth-order valence-corrected chi connectivity index (χ4v) is 2.55. The molecule has 0 aliphatic rings. The molecule has 0 bridgehead atoms. The normalized spacial score (nSPS) is 11.0. The summed E-state index contributed by atoms with van der Waals surface area (Å²) < 4.78 is 36.1. The number of alkyl halides is 3. The third-order valence-corrected chi connectivity index (χ3v) is 3.94. The van der Waals surface area contributed by atoms with E-state index in [2.05, 4.69) is 10.6 Å². The second kappa shape index (κ2) is 8.52. The molecule has 0 radical (unpaired) electrons. The van der Waals surface area contributed by atoms with Crippen LogP contribution in [0, 0.1) is 0 Å². The molecule has 5 nitrogen and oxygen atoms in total. The van der Waals surface area contributed by atoms with Crippen LogP contribution < -0.4 is 16.0 Å². The lowest BCUT2D eigenvalue weighted by molar-refractivity contribution is -0.138. The molecule has 1 heterocycles. The quantitative estimate of drug-likeness (QED) is 0.729. The number of carbonyl (C=O) groups excluding carboxylic acids is 2. The first-order valence-corrected chi connectivity index (χ1v) is 8.19. The van der Waals surface area contributed by atoms with Gasteiger partial charge in [-0.1, -0.05) is 18.2 Å². The van der Waals surface area contributed by atoms with Crippen LogP contribution in [-0.4, -0.2) is 24.7 Å². The summed E-state index contributed by atoms with van der Waals surface area (Å²) in [7, 11) is 0. The first-order valence-electron chi connectivity index (χ1n) is 7.31. The van der Waals surface area contributed by atoms with Crippen molar-refractivity contribution in [3.05, 3.63) is 52.2 Å². The Hall–Kier alpha value is -2.55. The average molecular weight is 371 g/mol. The molecule has 0 fully saturated rings. The highest BCUT2D eigenvalue weighted by molar-refractivity contribution is 7.09. The molecule has 0 spiro atoms. The van der Waals surface area contributed by atoms with Crippen molar-refractivity contribution in [1.82, 2.24) is 10.6 Å². The number of amides is 3. The van der Waals surface area contributed by atoms with Gasteiger partial charge in [0, 0.05) is 10.6 Å². The largest absolute Gasteiger partial charge is 0.405 e. The van der Waals surface area contributed by atoms with Crippen molar-refractivity contribution in [2.75, 3.05) is 11.9 Å². The van der Waals surface area contributed by atoms with Crippen LogP contribution in [0.1, 0.15) is 10.4 Å². The highest BCUT2D eigenvalue weighted by Crippen LogP contribution is 2.13. The van der Waals surface area contributed by atoms with Gasteiger partial charge in [0.15, 0.2) is 0 Å². The van der Waals surface area contributed by atoms with Gasteiger partial charge in [0.25, 0.3) is 0 Å². The smallest absolute Gasteiger partial charge is 0.347 e. The van der Waals surface area contributed by atoms with Gasteiger partial charge in [-0.15, -0.1) is 11.3 Å². The van der Waals surface area contributed by atoms with E-state index in [9.17, 15) is 22.8 Å². The number of anilines is 1. The molecule has 0 unspecified atom stereocenters. The topological polar surface area (TPSA) is 70.2 Å². The van der Waals surface area contributed by atoms with E-state index in [0.717, 1.165) is 4.88 Å². The first kappa shape index (κ1) is 18.8. The van der Waals surface area contributed by atoms with Gasteiger partial charge >= 0.3 is 12.2 Å². The molecule has 25 heavy (non-hydrogen) atoms. The molecule has 134 valence electrons. The Balaban J connectivity index is 1.77. The fourth-order valence-electron chi connectivity index (χ4n) is 1.91. The number of hydrogen-bond acceptors (Lipinski definition) is 3. The lowest BCUT2D eigenvalue weighted by Gasteiger charge is -2.09. The molecule has 2 aromatic rings. The predicted molar refractivity (Wildman–Crippen MR) is 89.4 cm³/mol. The van der Waals surface area contributed by atoms with Crippen molar-refractivity contribution in [2.24, 2.45) is 0 Å². The van der Waals surface area contributed by atoms with E-state index in [4.69, 9.17) is 0 Å². The molecule has 0 saturated carbocycles. The van der Waals surface area contributed by atoms with E-state index in [1.807, 2.05) is 17.5 Å². The summed E-state index contributed by atoms with van der Waals surface area (Å²) >= 11 is 1.53. The number of thiophene rings is 1. The standard InChI is InChI=1S/C16H16F3N3O2S/c17-16(18,19)10-21-14(23)8-11-3-5-12(6-4-11)22-15(24)20-9-13-2-1-7-25-13/h1-7H,8-10H2,(H,21,23)(H2,20,22,24). The lowest BCUT2D eigenvalue weighted by atomic mass is 10.1. The number of carbonyl (C=O) groups is 2. The number of rotatable bonds is 6. The molecule has 0 aliphatic carbocycles. The Morgan fingerprint density at radius 3 is 2.36 bits per heavy atom. The van der Waals surface area contributed by atoms with Crippen molar-refractivity contribution in [3.63, 3.8) is 0 Å². The molecule has 3 amide bonds. The SMILES string of the molecule is O=C(Cc1ccc(NC(=O)NCc2cccs2)cc1)NCC(F)(F)F. The van der Waals surface area contributed by atoms with Gasteiger partial charge in [0.05, 0.1) is 13.0 Å². The van der Waals surface area contributed by atoms with Gasteiger partial charge in [-0.25, -0.2) is 4.79 Å². The van der Waals surface area contributed by atoms with Crippen molar-refractivity contribution in [3.8, 4) is 0 Å². The second-order valence-electron chi connectivity index (χ2n) is 5.15. The third-order valence-electron chi connectivity index (χ3n) is 3.07. The number of halogens is 3. The summed E-state index contributed by atoms with van der Waals surface area (Å²) in [6.45, 7) is -0.934. The molecule has 9 heteroatoms. The Bertz CT molecular complexity index is 700. The van der Waals surface area contributed by atoms with Crippen LogP contribution in [-0.2, 0) is 17.8 Å². The average Bonchev–Trinajstić information content (AvgIpc) is 3.06. The van der Waals surface area contributed by atoms with Gasteiger partial charge in [-0.3, -0.25) is 4.79 Å². The Kier molecular flexibility index (Phi) is 6.40. The molecule has 2 rings (SSSR count). The zero-order valence-electron chi connectivity index (χ0n) is 13.0. The fraction of sp³-hybridized carbons (Fsp3) is 0.250. The minimum atomic E-state index is -4.43. The van der Waals surface area contributed by atoms with Gasteiger partial charge in [-0.2, -0.15) is 13.2 Å². The highest BCUT2D eigenvalue weighted by Gasteiger charge is 2.27. The van der Waals surface area contributed by atoms with Gasteiger partial charge < -0.3 is 16.0 Å². The van der Waals surface area contributed by atoms with E-state index in [0.29, 0.717) is 17.8 Å². The van der Waals surface area contributed by atoms with Gasteiger partial charge in [0.2, 0.25) is 5.91 Å². The number of urea groups is 1. The van der Waals surface area contributed by atoms with Crippen molar-refractivity contribution < 1.29 is 22.8 Å². The molecular formula is C16H16F3N3O2S. The van der Waals surface area contributed by atoms with Crippen LogP contribution in [0.2, 0.25) is 0 Å². The summed E-state index contributed by atoms with van der Waals surface area (Å²) in [4.78, 5) is 24.2. The van der Waals surface area contributed by atoms with Crippen LogP contribution in [0.15, 0.2) is 41.8 Å². The van der Waals surface area contributed by atoms with Crippen molar-refractivity contribution >= 4 is 29.0 Å². The maximum Gasteiger partial charge on any atom is 0.405 e. The van der Waals surface area contributed by atoms with Crippen LogP contribution in [0.3, 0.4) is 0 Å². The summed E-state index contributed by atoms with van der Waals surface area (Å²) in [6, 6.07) is 9.73. The minimum absolute atomic E-state index is 0.166. The number of benzene rings is 1. The van der Waals surface area contributed by atoms with Gasteiger partial charge in [-0.05, 0) is 29.1 Å². The number of hydrogen-bond donors (Lipinski definition) is 3. The van der Waals surface area contributed by atoms with Crippen molar-refractivity contribution in [1.29, 1.82) is 0 Å². The molecular weight excluding hydrogens is 355 g/mol. The second-order valence-corrected chi connectivity index (χ2v) is 6.18. The van der Waals surface area contributed by atoms with Crippen LogP contribution in [0.5, 0.6) is 0 Å². The van der Waals surface area contributed by atoms with Crippen LogP contribution >= 0.6 is 11.3 Å². The van der Waals surface area contributed by atoms with Gasteiger partial charge in [0.1, 0.15) is 6.54 Å². The highest BCUT2D eigenvalue weighted by atomic mass is 32.1. The summed E-state index contributed by atoms with van der Waals surface area (Å²) in [5.41, 5.74) is 1.06. The maximum atomic E-state index is 12.0. The molecule has 3 N–H and O–H groups in total. The monoisotopic (exact) mass is 371 g/mol. The van der Waals surface area contributed by atoms with E-state index in [-0.39, 0.29) is 12.5 Å². The minimum Gasteiger partial charge on any atom is -0.347 e. The zero-order chi connectivity index (χ0) is 18.3. The Morgan fingerprint density at radius 1 is 1.04 bits per heavy atom. The zero-order valence-corrected chi connectivity index (χ0v) is 13.8. The molecule has 1 aromatic carbocycles.